The lowest BCUT2D eigenvalue weighted by atomic mass is 10.1. The van der Waals surface area contributed by atoms with Crippen molar-refractivity contribution >= 4 is 32.8 Å². The maximum atomic E-state index is 12.8. The number of benzene rings is 2. The Morgan fingerprint density at radius 3 is 2.40 bits per heavy atom. The Morgan fingerprint density at radius 2 is 1.80 bits per heavy atom. The van der Waals surface area contributed by atoms with Crippen molar-refractivity contribution in [2.45, 2.75) is 52.4 Å². The van der Waals surface area contributed by atoms with Gasteiger partial charge in [0, 0.05) is 11.8 Å². The van der Waals surface area contributed by atoms with Crippen LogP contribution >= 0.6 is 0 Å². The zero-order valence-corrected chi connectivity index (χ0v) is 18.7. The highest BCUT2D eigenvalue weighted by Crippen LogP contribution is 2.29. The molecule has 2 aromatic carbocycles. The van der Waals surface area contributed by atoms with Gasteiger partial charge in [0.05, 0.1) is 15.5 Å². The third-order valence-electron chi connectivity index (χ3n) is 4.55. The quantitative estimate of drug-likeness (QED) is 0.320. The zero-order valence-electron chi connectivity index (χ0n) is 17.9. The molecule has 0 bridgehead atoms. The monoisotopic (exact) mass is 432 g/mol. The zero-order chi connectivity index (χ0) is 22.5. The molecule has 2 N–H and O–H groups in total. The normalized spacial score (nSPS) is 12.1. The fourth-order valence-electron chi connectivity index (χ4n) is 2.77. The van der Waals surface area contributed by atoms with Crippen molar-refractivity contribution in [1.82, 2.24) is 0 Å². The summed E-state index contributed by atoms with van der Waals surface area (Å²) < 4.78 is 28.0. The maximum Gasteiger partial charge on any atom is 0.295 e. The van der Waals surface area contributed by atoms with Crippen molar-refractivity contribution < 1.29 is 13.3 Å². The predicted octanol–water partition coefficient (Wildman–Crippen LogP) is 5.24. The third kappa shape index (κ3) is 6.28. The van der Waals surface area contributed by atoms with Gasteiger partial charge in [-0.25, -0.2) is 8.42 Å². The van der Waals surface area contributed by atoms with E-state index in [9.17, 15) is 18.5 Å². The summed E-state index contributed by atoms with van der Waals surface area (Å²) in [7, 11) is -3.99. The molecule has 2 aromatic rings. The Hall–Kier alpha value is -2.94. The molecule has 2 rings (SSSR count). The molecule has 0 aliphatic carbocycles. The van der Waals surface area contributed by atoms with Crippen molar-refractivity contribution in [3.05, 3.63) is 57.6 Å². The van der Waals surface area contributed by atoms with Crippen molar-refractivity contribution in [3.63, 3.8) is 0 Å². The number of hydrogen-bond acceptors (Lipinski definition) is 6. The lowest BCUT2D eigenvalue weighted by Crippen LogP contribution is -2.14. The summed E-state index contributed by atoms with van der Waals surface area (Å²) in [6.45, 7) is 9.76. The number of nitrogens with zero attached hydrogens (tertiary/aromatic N) is 2. The molecule has 0 aromatic heterocycles. The van der Waals surface area contributed by atoms with E-state index in [1.807, 2.05) is 19.9 Å². The van der Waals surface area contributed by atoms with Crippen LogP contribution in [0.4, 0.5) is 17.1 Å². The van der Waals surface area contributed by atoms with E-state index in [2.05, 4.69) is 29.1 Å². The molecule has 0 fully saturated rings. The van der Waals surface area contributed by atoms with Crippen LogP contribution in [0, 0.1) is 29.9 Å². The van der Waals surface area contributed by atoms with Crippen LogP contribution in [0.2, 0.25) is 0 Å². The van der Waals surface area contributed by atoms with E-state index in [4.69, 9.17) is 0 Å². The van der Waals surface area contributed by atoms with Gasteiger partial charge >= 0.3 is 0 Å². The average molecular weight is 433 g/mol. The minimum absolute atomic E-state index is 0.134. The number of nitrogens with one attached hydrogen (secondary N) is 2. The van der Waals surface area contributed by atoms with Gasteiger partial charge in [0.1, 0.15) is 5.69 Å². The molecule has 0 radical (unpaired) electrons. The number of hydrogen-bond donors (Lipinski definition) is 2. The first kappa shape index (κ1) is 23.3. The predicted molar refractivity (Wildman–Crippen MR) is 121 cm³/mol. The fourth-order valence-corrected chi connectivity index (χ4v) is 3.92. The number of hydrazone groups is 1. The van der Waals surface area contributed by atoms with Crippen LogP contribution in [0.25, 0.3) is 0 Å². The topological polar surface area (TPSA) is 114 Å². The third-order valence-corrected chi connectivity index (χ3v) is 5.92. The van der Waals surface area contributed by atoms with Crippen LogP contribution in [-0.2, 0) is 10.0 Å². The fraction of sp³-hybridized carbons (Fsp3) is 0.381. The first-order chi connectivity index (χ1) is 14.0. The summed E-state index contributed by atoms with van der Waals surface area (Å²) in [6, 6.07) is 9.02. The van der Waals surface area contributed by atoms with Crippen molar-refractivity contribution in [1.29, 1.82) is 0 Å². The van der Waals surface area contributed by atoms with E-state index < -0.39 is 14.9 Å². The largest absolute Gasteiger partial charge is 0.295 e. The van der Waals surface area contributed by atoms with Crippen molar-refractivity contribution in [3.8, 4) is 0 Å². The van der Waals surface area contributed by atoms with Gasteiger partial charge in [-0.1, -0.05) is 31.5 Å². The second kappa shape index (κ2) is 9.71. The molecule has 30 heavy (non-hydrogen) atoms. The van der Waals surface area contributed by atoms with Crippen LogP contribution in [0.5, 0.6) is 0 Å². The SMILES string of the molecule is CC(CCC(C)C)=NNc1ccc(S(=O)(=O)Nc2ccc(C)cc2C)cc1[N+](=O)[O-]. The summed E-state index contributed by atoms with van der Waals surface area (Å²) in [5, 5.41) is 15.7. The molecule has 0 spiro atoms. The highest BCUT2D eigenvalue weighted by Gasteiger charge is 2.22. The minimum atomic E-state index is -3.99. The van der Waals surface area contributed by atoms with E-state index in [1.165, 1.54) is 12.1 Å². The standard InChI is InChI=1S/C21H28N4O4S/c1-14(2)6-8-17(5)22-23-20-11-9-18(13-21(20)25(26)27)30(28,29)24-19-10-7-15(3)12-16(19)4/h7,9-14,23-24H,6,8H2,1-5H3. The summed E-state index contributed by atoms with van der Waals surface area (Å²) in [5.41, 5.74) is 5.47. The molecule has 0 aliphatic heterocycles. The molecular formula is C21H28N4O4S. The summed E-state index contributed by atoms with van der Waals surface area (Å²) in [5.74, 6) is 0.527. The second-order valence-electron chi connectivity index (χ2n) is 7.75. The van der Waals surface area contributed by atoms with Gasteiger partial charge < -0.3 is 0 Å². The smallest absolute Gasteiger partial charge is 0.279 e. The van der Waals surface area contributed by atoms with E-state index >= 15 is 0 Å². The Morgan fingerprint density at radius 1 is 1.13 bits per heavy atom. The first-order valence-corrected chi connectivity index (χ1v) is 11.2. The molecule has 0 saturated carbocycles. The molecule has 0 saturated heterocycles. The van der Waals surface area contributed by atoms with Gasteiger partial charge in [0.15, 0.2) is 0 Å². The summed E-state index contributed by atoms with van der Waals surface area (Å²) in [4.78, 5) is 10.7. The molecule has 0 aliphatic rings. The summed E-state index contributed by atoms with van der Waals surface area (Å²) in [6.07, 6.45) is 1.73. The van der Waals surface area contributed by atoms with Crippen LogP contribution in [0.1, 0.15) is 44.7 Å². The number of nitro benzene ring substituents is 1. The lowest BCUT2D eigenvalue weighted by Gasteiger charge is -2.12. The second-order valence-corrected chi connectivity index (χ2v) is 9.43. The maximum absolute atomic E-state index is 12.8. The first-order valence-electron chi connectivity index (χ1n) is 9.67. The molecule has 0 atom stereocenters. The van der Waals surface area contributed by atoms with Crippen LogP contribution in [0.3, 0.4) is 0 Å². The molecule has 0 amide bonds. The Labute approximate surface area is 177 Å². The number of nitro groups is 1. The average Bonchev–Trinajstić information content (AvgIpc) is 2.66. The van der Waals surface area contributed by atoms with Gasteiger partial charge in [-0.2, -0.15) is 5.10 Å². The van der Waals surface area contributed by atoms with Crippen molar-refractivity contribution in [2.75, 3.05) is 10.1 Å². The van der Waals surface area contributed by atoms with Gasteiger partial charge in [0.25, 0.3) is 15.7 Å². The molecule has 8 nitrogen and oxygen atoms in total. The molecule has 0 unspecified atom stereocenters. The van der Waals surface area contributed by atoms with Gasteiger partial charge in [0.2, 0.25) is 0 Å². The number of rotatable bonds is 9. The Balaban J connectivity index is 2.29. The van der Waals surface area contributed by atoms with Crippen LogP contribution in [-0.4, -0.2) is 19.1 Å². The van der Waals surface area contributed by atoms with Gasteiger partial charge in [-0.05, 0) is 63.3 Å². The van der Waals surface area contributed by atoms with Gasteiger partial charge in [-0.3, -0.25) is 20.3 Å². The van der Waals surface area contributed by atoms with E-state index in [0.717, 1.165) is 35.7 Å². The van der Waals surface area contributed by atoms with E-state index in [0.29, 0.717) is 11.6 Å². The summed E-state index contributed by atoms with van der Waals surface area (Å²) >= 11 is 0. The Bertz CT molecular complexity index is 1060. The highest BCUT2D eigenvalue weighted by atomic mass is 32.2. The van der Waals surface area contributed by atoms with E-state index in [1.54, 1.807) is 19.1 Å². The van der Waals surface area contributed by atoms with Crippen LogP contribution in [0.15, 0.2) is 46.4 Å². The van der Waals surface area contributed by atoms with Gasteiger partial charge in [-0.15, -0.1) is 0 Å². The molecule has 0 heterocycles. The number of anilines is 2. The minimum Gasteiger partial charge on any atom is -0.279 e. The number of aryl methyl sites for hydroxylation is 2. The van der Waals surface area contributed by atoms with Crippen LogP contribution < -0.4 is 10.1 Å². The molecular weight excluding hydrogens is 404 g/mol. The molecule has 162 valence electrons. The highest BCUT2D eigenvalue weighted by molar-refractivity contribution is 7.92. The Kier molecular flexibility index (Phi) is 7.55. The molecule has 9 heteroatoms. The van der Waals surface area contributed by atoms with E-state index in [-0.39, 0.29) is 16.3 Å². The lowest BCUT2D eigenvalue weighted by molar-refractivity contribution is -0.384. The number of sulfonamides is 1. The van der Waals surface area contributed by atoms with Crippen molar-refractivity contribution in [2.24, 2.45) is 11.0 Å².